The van der Waals surface area contributed by atoms with E-state index in [9.17, 15) is 4.79 Å². The van der Waals surface area contributed by atoms with Crippen molar-refractivity contribution in [3.8, 4) is 0 Å². The lowest BCUT2D eigenvalue weighted by Crippen LogP contribution is -2.56. The summed E-state index contributed by atoms with van der Waals surface area (Å²) in [5.41, 5.74) is 5.74. The second kappa shape index (κ2) is 6.36. The number of carbonyl (C=O) groups excluding carboxylic acids is 1. The topological polar surface area (TPSA) is 49.6 Å². The van der Waals surface area contributed by atoms with Crippen LogP contribution in [0.1, 0.15) is 39.5 Å². The zero-order valence-electron chi connectivity index (χ0n) is 11.6. The van der Waals surface area contributed by atoms with Gasteiger partial charge in [0.05, 0.1) is 6.04 Å². The fraction of sp³-hybridized carbons (Fsp3) is 0.923. The van der Waals surface area contributed by atoms with E-state index in [-0.39, 0.29) is 11.9 Å². The van der Waals surface area contributed by atoms with E-state index < -0.39 is 0 Å². The van der Waals surface area contributed by atoms with Gasteiger partial charge in [-0.15, -0.1) is 0 Å². The molecule has 1 saturated carbocycles. The van der Waals surface area contributed by atoms with Crippen LogP contribution in [0.4, 0.5) is 0 Å². The Hall–Kier alpha value is -0.610. The van der Waals surface area contributed by atoms with Crippen LogP contribution in [0.15, 0.2) is 0 Å². The van der Waals surface area contributed by atoms with Crippen LogP contribution in [0.25, 0.3) is 0 Å². The van der Waals surface area contributed by atoms with Crippen LogP contribution < -0.4 is 5.73 Å². The molecule has 2 N–H and O–H groups in total. The fourth-order valence-electron chi connectivity index (χ4n) is 2.87. The predicted molar refractivity (Wildman–Crippen MR) is 70.8 cm³/mol. The summed E-state index contributed by atoms with van der Waals surface area (Å²) in [4.78, 5) is 16.4. The highest BCUT2D eigenvalue weighted by atomic mass is 16.2. The lowest BCUT2D eigenvalue weighted by atomic mass is 9.88. The van der Waals surface area contributed by atoms with Crippen molar-refractivity contribution in [2.75, 3.05) is 20.6 Å². The number of amides is 1. The molecule has 0 aromatic carbocycles. The Kier molecular flexibility index (Phi) is 5.40. The largest absolute Gasteiger partial charge is 0.337 e. The first-order valence-corrected chi connectivity index (χ1v) is 6.71. The number of hydrogen-bond donors (Lipinski definition) is 1. The monoisotopic (exact) mass is 241 g/mol. The Labute approximate surface area is 105 Å². The van der Waals surface area contributed by atoms with Gasteiger partial charge in [0.1, 0.15) is 0 Å². The Morgan fingerprint density at radius 2 is 1.82 bits per heavy atom. The van der Waals surface area contributed by atoms with Crippen molar-refractivity contribution in [3.05, 3.63) is 0 Å². The predicted octanol–water partition coefficient (Wildman–Crippen LogP) is 1.05. The summed E-state index contributed by atoms with van der Waals surface area (Å²) < 4.78 is 0. The van der Waals surface area contributed by atoms with Gasteiger partial charge in [0.25, 0.3) is 0 Å². The zero-order valence-corrected chi connectivity index (χ0v) is 11.6. The molecule has 1 aliphatic rings. The van der Waals surface area contributed by atoms with E-state index in [2.05, 4.69) is 19.0 Å². The van der Waals surface area contributed by atoms with Crippen LogP contribution in [0.3, 0.4) is 0 Å². The van der Waals surface area contributed by atoms with Gasteiger partial charge in [-0.25, -0.2) is 0 Å². The summed E-state index contributed by atoms with van der Waals surface area (Å²) in [6, 6.07) is 0.424. The maximum absolute atomic E-state index is 12.1. The van der Waals surface area contributed by atoms with Gasteiger partial charge < -0.3 is 15.5 Å². The third-order valence-electron chi connectivity index (χ3n) is 3.77. The number of carbonyl (C=O) groups is 1. The number of likely N-dealkylation sites (N-methyl/N-ethyl adjacent to an activating group) is 2. The van der Waals surface area contributed by atoms with Crippen molar-refractivity contribution in [2.24, 2.45) is 5.73 Å². The molecule has 1 fully saturated rings. The quantitative estimate of drug-likeness (QED) is 0.800. The van der Waals surface area contributed by atoms with Gasteiger partial charge in [-0.05, 0) is 40.8 Å². The lowest BCUT2D eigenvalue weighted by Gasteiger charge is -2.43. The summed E-state index contributed by atoms with van der Waals surface area (Å²) in [7, 11) is 4.21. The average Bonchev–Trinajstić information content (AvgIpc) is 2.30. The highest BCUT2D eigenvalue weighted by Gasteiger charge is 2.33. The Balaban J connectivity index is 2.80. The molecular weight excluding hydrogens is 214 g/mol. The highest BCUT2D eigenvalue weighted by Crippen LogP contribution is 2.26. The van der Waals surface area contributed by atoms with Crippen molar-refractivity contribution < 1.29 is 4.79 Å². The molecule has 1 amide bonds. The Bertz CT molecular complexity index is 253. The Morgan fingerprint density at radius 1 is 1.29 bits per heavy atom. The van der Waals surface area contributed by atoms with E-state index in [1.165, 1.54) is 19.3 Å². The summed E-state index contributed by atoms with van der Waals surface area (Å²) >= 11 is 0. The molecule has 0 radical (unpaired) electrons. The molecule has 3 unspecified atom stereocenters. The van der Waals surface area contributed by atoms with E-state index in [4.69, 9.17) is 5.73 Å². The zero-order chi connectivity index (χ0) is 13.0. The molecule has 0 saturated heterocycles. The number of hydrogen-bond acceptors (Lipinski definition) is 3. The molecule has 0 bridgehead atoms. The van der Waals surface area contributed by atoms with Crippen molar-refractivity contribution in [1.29, 1.82) is 0 Å². The van der Waals surface area contributed by atoms with Crippen LogP contribution in [0, 0.1) is 0 Å². The Morgan fingerprint density at radius 3 is 2.24 bits per heavy atom. The molecule has 100 valence electrons. The van der Waals surface area contributed by atoms with Crippen molar-refractivity contribution in [3.63, 3.8) is 0 Å². The first kappa shape index (κ1) is 14.5. The lowest BCUT2D eigenvalue weighted by molar-refractivity contribution is -0.136. The molecule has 1 rings (SSSR count). The molecule has 0 spiro atoms. The summed E-state index contributed by atoms with van der Waals surface area (Å²) in [6.45, 7) is 4.58. The van der Waals surface area contributed by atoms with Crippen LogP contribution in [-0.2, 0) is 4.79 Å². The van der Waals surface area contributed by atoms with Crippen molar-refractivity contribution in [1.82, 2.24) is 9.80 Å². The molecule has 0 aromatic rings. The van der Waals surface area contributed by atoms with Crippen LogP contribution in [-0.4, -0.2) is 54.5 Å². The minimum absolute atomic E-state index is 0.0891. The molecule has 0 aliphatic heterocycles. The van der Waals surface area contributed by atoms with Crippen LogP contribution >= 0.6 is 0 Å². The van der Waals surface area contributed by atoms with Gasteiger partial charge in [-0.3, -0.25) is 4.79 Å². The third-order valence-corrected chi connectivity index (χ3v) is 3.77. The summed E-state index contributed by atoms with van der Waals surface area (Å²) in [6.07, 6.45) is 4.77. The molecule has 0 heterocycles. The minimum atomic E-state index is -0.389. The van der Waals surface area contributed by atoms with Crippen molar-refractivity contribution in [2.45, 2.75) is 57.7 Å². The van der Waals surface area contributed by atoms with E-state index in [0.29, 0.717) is 12.1 Å². The standard InChI is InChI=1S/C13H27N3O/c1-5-16(13(17)10(2)14)12-9-7-6-8-11(12)15(3)4/h10-12H,5-9,14H2,1-4H3. The molecule has 1 aliphatic carbocycles. The first-order valence-electron chi connectivity index (χ1n) is 6.71. The maximum Gasteiger partial charge on any atom is 0.239 e. The molecule has 17 heavy (non-hydrogen) atoms. The number of nitrogens with two attached hydrogens (primary N) is 1. The minimum Gasteiger partial charge on any atom is -0.337 e. The summed E-state index contributed by atoms with van der Waals surface area (Å²) in [5.74, 6) is 0.0891. The van der Waals surface area contributed by atoms with E-state index >= 15 is 0 Å². The van der Waals surface area contributed by atoms with Gasteiger partial charge in [0.2, 0.25) is 5.91 Å². The van der Waals surface area contributed by atoms with E-state index in [1.54, 1.807) is 6.92 Å². The molecule has 4 heteroatoms. The molecule has 4 nitrogen and oxygen atoms in total. The van der Waals surface area contributed by atoms with Gasteiger partial charge in [-0.1, -0.05) is 12.8 Å². The maximum atomic E-state index is 12.1. The molecular formula is C13H27N3O. The average molecular weight is 241 g/mol. The normalized spacial score (nSPS) is 26.9. The van der Waals surface area contributed by atoms with Gasteiger partial charge in [-0.2, -0.15) is 0 Å². The van der Waals surface area contributed by atoms with Gasteiger partial charge in [0, 0.05) is 18.6 Å². The second-order valence-electron chi connectivity index (χ2n) is 5.30. The second-order valence-corrected chi connectivity index (χ2v) is 5.30. The molecule has 0 aromatic heterocycles. The smallest absolute Gasteiger partial charge is 0.239 e. The number of rotatable bonds is 4. The highest BCUT2D eigenvalue weighted by molar-refractivity contribution is 5.81. The van der Waals surface area contributed by atoms with E-state index in [1.807, 2.05) is 11.8 Å². The van der Waals surface area contributed by atoms with Gasteiger partial charge >= 0.3 is 0 Å². The summed E-state index contributed by atoms with van der Waals surface area (Å²) in [5, 5.41) is 0. The SMILES string of the molecule is CCN(C(=O)C(C)N)C1CCCCC1N(C)C. The van der Waals surface area contributed by atoms with Gasteiger partial charge in [0.15, 0.2) is 0 Å². The number of nitrogens with zero attached hydrogens (tertiary/aromatic N) is 2. The third kappa shape index (κ3) is 3.42. The fourth-order valence-corrected chi connectivity index (χ4v) is 2.87. The van der Waals surface area contributed by atoms with Crippen LogP contribution in [0.5, 0.6) is 0 Å². The first-order chi connectivity index (χ1) is 7.99. The van der Waals surface area contributed by atoms with E-state index in [0.717, 1.165) is 13.0 Å². The van der Waals surface area contributed by atoms with Crippen LogP contribution in [0.2, 0.25) is 0 Å². The molecule has 3 atom stereocenters. The van der Waals surface area contributed by atoms with Crippen molar-refractivity contribution >= 4 is 5.91 Å².